The van der Waals surface area contributed by atoms with Gasteiger partial charge < -0.3 is 10.0 Å². The standard InChI is InChI=1S/C17H24ClNO2S/c1-2-17(13-20)8-10-19(11-9-17)16(21)7-12-22-15-6-4-3-5-14(15)18/h3-6,20H,2,7-13H2,1H3. The third-order valence-electron chi connectivity index (χ3n) is 4.67. The molecule has 1 N–H and O–H groups in total. The summed E-state index contributed by atoms with van der Waals surface area (Å²) in [5.74, 6) is 0.958. The first-order valence-electron chi connectivity index (χ1n) is 7.86. The van der Waals surface area contributed by atoms with Gasteiger partial charge in [0.2, 0.25) is 5.91 Å². The second-order valence-electron chi connectivity index (χ2n) is 5.92. The Bertz CT molecular complexity index is 495. The molecule has 22 heavy (non-hydrogen) atoms. The van der Waals surface area contributed by atoms with Gasteiger partial charge in [0.05, 0.1) is 5.02 Å². The van der Waals surface area contributed by atoms with Crippen molar-refractivity contribution in [3.63, 3.8) is 0 Å². The van der Waals surface area contributed by atoms with E-state index in [4.69, 9.17) is 11.6 Å². The van der Waals surface area contributed by atoms with Crippen molar-refractivity contribution >= 4 is 29.3 Å². The normalized spacial score (nSPS) is 17.5. The van der Waals surface area contributed by atoms with Gasteiger partial charge in [-0.15, -0.1) is 11.8 Å². The zero-order chi connectivity index (χ0) is 16.0. The van der Waals surface area contributed by atoms with Crippen LogP contribution < -0.4 is 0 Å². The number of aliphatic hydroxyl groups is 1. The van der Waals surface area contributed by atoms with Gasteiger partial charge in [-0.05, 0) is 36.8 Å². The number of thioether (sulfide) groups is 1. The van der Waals surface area contributed by atoms with E-state index in [0.29, 0.717) is 6.42 Å². The van der Waals surface area contributed by atoms with Crippen LogP contribution in [0.25, 0.3) is 0 Å². The van der Waals surface area contributed by atoms with Crippen LogP contribution in [0.5, 0.6) is 0 Å². The summed E-state index contributed by atoms with van der Waals surface area (Å²) < 4.78 is 0. The number of likely N-dealkylation sites (tertiary alicyclic amines) is 1. The second-order valence-corrected chi connectivity index (χ2v) is 7.47. The van der Waals surface area contributed by atoms with Crippen molar-refractivity contribution in [2.45, 2.75) is 37.5 Å². The molecular weight excluding hydrogens is 318 g/mol. The molecule has 122 valence electrons. The highest BCUT2D eigenvalue weighted by atomic mass is 35.5. The van der Waals surface area contributed by atoms with Crippen LogP contribution in [0, 0.1) is 5.41 Å². The average molecular weight is 342 g/mol. The largest absolute Gasteiger partial charge is 0.396 e. The number of nitrogens with zero attached hydrogens (tertiary/aromatic N) is 1. The molecule has 1 heterocycles. The maximum atomic E-state index is 12.3. The minimum absolute atomic E-state index is 0.0308. The lowest BCUT2D eigenvalue weighted by Gasteiger charge is -2.40. The Morgan fingerprint density at radius 2 is 2.05 bits per heavy atom. The highest BCUT2D eigenvalue weighted by Crippen LogP contribution is 2.34. The monoisotopic (exact) mass is 341 g/mol. The van der Waals surface area contributed by atoms with Gasteiger partial charge in [0.15, 0.2) is 0 Å². The topological polar surface area (TPSA) is 40.5 Å². The van der Waals surface area contributed by atoms with Crippen LogP contribution in [0.4, 0.5) is 0 Å². The SMILES string of the molecule is CCC1(CO)CCN(C(=O)CCSc2ccccc2Cl)CC1. The van der Waals surface area contributed by atoms with E-state index in [9.17, 15) is 9.90 Å². The third-order valence-corrected chi connectivity index (χ3v) is 6.19. The summed E-state index contributed by atoms with van der Waals surface area (Å²) in [4.78, 5) is 15.2. The van der Waals surface area contributed by atoms with Crippen LogP contribution in [0.1, 0.15) is 32.6 Å². The Balaban J connectivity index is 1.76. The number of carbonyl (C=O) groups is 1. The van der Waals surface area contributed by atoms with Crippen molar-refractivity contribution in [2.24, 2.45) is 5.41 Å². The minimum atomic E-state index is 0.0308. The van der Waals surface area contributed by atoms with Crippen molar-refractivity contribution in [3.05, 3.63) is 29.3 Å². The van der Waals surface area contributed by atoms with Gasteiger partial charge in [0.1, 0.15) is 0 Å². The number of hydrogen-bond acceptors (Lipinski definition) is 3. The van der Waals surface area contributed by atoms with Crippen LogP contribution in [0.3, 0.4) is 0 Å². The first kappa shape index (κ1) is 17.6. The van der Waals surface area contributed by atoms with Gasteiger partial charge in [0.25, 0.3) is 0 Å². The van der Waals surface area contributed by atoms with Gasteiger partial charge in [-0.1, -0.05) is 30.7 Å². The van der Waals surface area contributed by atoms with Gasteiger partial charge in [-0.25, -0.2) is 0 Å². The molecule has 0 aromatic heterocycles. The van der Waals surface area contributed by atoms with E-state index in [2.05, 4.69) is 6.92 Å². The maximum Gasteiger partial charge on any atom is 0.223 e. The first-order valence-corrected chi connectivity index (χ1v) is 9.22. The maximum absolute atomic E-state index is 12.3. The Kier molecular flexibility index (Phi) is 6.60. The van der Waals surface area contributed by atoms with E-state index >= 15 is 0 Å². The van der Waals surface area contributed by atoms with Crippen molar-refractivity contribution in [1.29, 1.82) is 0 Å². The van der Waals surface area contributed by atoms with Crippen molar-refractivity contribution in [2.75, 3.05) is 25.4 Å². The number of rotatable bonds is 6. The number of amides is 1. The molecule has 2 rings (SSSR count). The molecule has 1 aromatic carbocycles. The Morgan fingerprint density at radius 1 is 1.36 bits per heavy atom. The van der Waals surface area contributed by atoms with E-state index in [0.717, 1.165) is 48.0 Å². The van der Waals surface area contributed by atoms with E-state index in [1.165, 1.54) is 0 Å². The van der Waals surface area contributed by atoms with Crippen LogP contribution in [0.15, 0.2) is 29.2 Å². The molecule has 5 heteroatoms. The lowest BCUT2D eigenvalue weighted by molar-refractivity contribution is -0.133. The number of hydrogen-bond donors (Lipinski definition) is 1. The molecule has 1 saturated heterocycles. The molecule has 0 bridgehead atoms. The van der Waals surface area contributed by atoms with E-state index in [1.54, 1.807) is 11.8 Å². The summed E-state index contributed by atoms with van der Waals surface area (Å²) >= 11 is 7.74. The Labute approximate surface area is 142 Å². The number of benzene rings is 1. The molecule has 1 aliphatic rings. The van der Waals surface area contributed by atoms with E-state index < -0.39 is 0 Å². The van der Waals surface area contributed by atoms with Crippen molar-refractivity contribution < 1.29 is 9.90 Å². The summed E-state index contributed by atoms with van der Waals surface area (Å²) in [5, 5.41) is 10.3. The minimum Gasteiger partial charge on any atom is -0.396 e. The molecule has 0 aliphatic carbocycles. The smallest absolute Gasteiger partial charge is 0.223 e. The fourth-order valence-corrected chi connectivity index (χ4v) is 4.00. The highest BCUT2D eigenvalue weighted by Gasteiger charge is 2.33. The zero-order valence-electron chi connectivity index (χ0n) is 13.1. The quantitative estimate of drug-likeness (QED) is 0.799. The highest BCUT2D eigenvalue weighted by molar-refractivity contribution is 7.99. The van der Waals surface area contributed by atoms with Crippen LogP contribution in [0.2, 0.25) is 5.02 Å². The summed E-state index contributed by atoms with van der Waals surface area (Å²) in [6, 6.07) is 7.72. The summed E-state index contributed by atoms with van der Waals surface area (Å²) in [6.07, 6.45) is 3.33. The second kappa shape index (κ2) is 8.23. The molecule has 0 saturated carbocycles. The van der Waals surface area contributed by atoms with E-state index in [1.807, 2.05) is 29.2 Å². The molecule has 0 spiro atoms. The molecule has 0 radical (unpaired) electrons. The molecule has 1 aliphatic heterocycles. The molecule has 1 amide bonds. The van der Waals surface area contributed by atoms with Crippen LogP contribution in [-0.2, 0) is 4.79 Å². The van der Waals surface area contributed by atoms with Crippen LogP contribution in [-0.4, -0.2) is 41.4 Å². The molecule has 0 unspecified atom stereocenters. The lowest BCUT2D eigenvalue weighted by Crippen LogP contribution is -2.44. The number of aliphatic hydroxyl groups excluding tert-OH is 1. The summed E-state index contributed by atoms with van der Waals surface area (Å²) in [6.45, 7) is 3.88. The van der Waals surface area contributed by atoms with Gasteiger partial charge in [-0.3, -0.25) is 4.79 Å². The summed E-state index contributed by atoms with van der Waals surface area (Å²) in [5.41, 5.74) is 0.0308. The van der Waals surface area contributed by atoms with Gasteiger partial charge in [0, 0.05) is 36.8 Å². The molecule has 3 nitrogen and oxygen atoms in total. The van der Waals surface area contributed by atoms with Gasteiger partial charge >= 0.3 is 0 Å². The molecule has 1 aromatic rings. The predicted molar refractivity (Wildman–Crippen MR) is 92.4 cm³/mol. The van der Waals surface area contributed by atoms with Crippen molar-refractivity contribution in [1.82, 2.24) is 4.90 Å². The van der Waals surface area contributed by atoms with E-state index in [-0.39, 0.29) is 17.9 Å². The fraction of sp³-hybridized carbons (Fsp3) is 0.588. The predicted octanol–water partition coefficient (Wildman–Crippen LogP) is 3.83. The molecular formula is C17H24ClNO2S. The molecule has 1 fully saturated rings. The van der Waals surface area contributed by atoms with Crippen LogP contribution >= 0.6 is 23.4 Å². The number of piperidine rings is 1. The number of carbonyl (C=O) groups excluding carboxylic acids is 1. The first-order chi connectivity index (χ1) is 10.6. The fourth-order valence-electron chi connectivity index (χ4n) is 2.82. The third kappa shape index (κ3) is 4.40. The lowest BCUT2D eigenvalue weighted by atomic mass is 9.77. The Hall–Kier alpha value is -0.710. The average Bonchev–Trinajstić information content (AvgIpc) is 2.56. The zero-order valence-corrected chi connectivity index (χ0v) is 14.6. The van der Waals surface area contributed by atoms with Crippen molar-refractivity contribution in [3.8, 4) is 0 Å². The Morgan fingerprint density at radius 3 is 2.64 bits per heavy atom. The summed E-state index contributed by atoms with van der Waals surface area (Å²) in [7, 11) is 0. The molecule has 0 atom stereocenters. The number of halogens is 1. The van der Waals surface area contributed by atoms with Gasteiger partial charge in [-0.2, -0.15) is 0 Å².